The number of nitrogens with one attached hydrogen (secondary N) is 1. The van der Waals surface area contributed by atoms with Gasteiger partial charge in [-0.2, -0.15) is 0 Å². The smallest absolute Gasteiger partial charge is 0.907 e. The van der Waals surface area contributed by atoms with E-state index in [1.54, 1.807) is 0 Å². The summed E-state index contributed by atoms with van der Waals surface area (Å²) in [4.78, 5) is 41.2. The number of aliphatic hydroxyl groups is 1. The van der Waals surface area contributed by atoms with Crippen LogP contribution in [0.15, 0.2) is 24.5 Å². The van der Waals surface area contributed by atoms with Gasteiger partial charge in [0, 0.05) is 37.2 Å². The van der Waals surface area contributed by atoms with Gasteiger partial charge in [-0.05, 0) is 18.3 Å². The van der Waals surface area contributed by atoms with E-state index in [1.807, 2.05) is 24.5 Å². The number of aliphatic carboxylic acids is 3. The summed E-state index contributed by atoms with van der Waals surface area (Å²) in [5, 5.41) is 80.8. The van der Waals surface area contributed by atoms with Crippen molar-refractivity contribution in [3.8, 4) is 0 Å². The number of carboxylic acids is 3. The molecule has 0 saturated carbocycles. The average Bonchev–Trinajstić information content (AvgIpc) is 2.93. The van der Waals surface area contributed by atoms with Crippen LogP contribution < -0.4 is 40.6 Å². The molecule has 1 heterocycles. The number of carbonyl (C=O) groups is 4. The van der Waals surface area contributed by atoms with Crippen molar-refractivity contribution in [3.63, 3.8) is 0 Å². The second kappa shape index (κ2) is 27.9. The molecular weight excluding hydrogens is 619 g/mol. The molecule has 0 atom stereocenters. The average molecular weight is 629 g/mol. The van der Waals surface area contributed by atoms with Crippen molar-refractivity contribution >= 4 is 31.4 Å². The summed E-state index contributed by atoms with van der Waals surface area (Å²) in [7, 11) is -2.92. The van der Waals surface area contributed by atoms with E-state index in [0.29, 0.717) is 0 Å². The fraction of sp³-hybridized carbons (Fsp3) is 0.273. The number of carboxylic acid groups (broad SMARTS) is 5. The Morgan fingerprint density at radius 1 is 0.767 bits per heavy atom. The third kappa shape index (κ3) is 45.6. The summed E-state index contributed by atoms with van der Waals surface area (Å²) < 4.78 is 0. The normalized spacial score (nSPS) is 7.73. The fourth-order valence-electron chi connectivity index (χ4n) is 0.962. The molecular formula is C11H10BCu4NO13. The molecule has 19 heteroatoms. The first-order valence-corrected chi connectivity index (χ1v) is 6.01. The standard InChI is InChI=1S/C6H8O7.C4H5N.CH2O3.BO3.4Cu/c7-3(8)1-6(13,5(11)12)2-4(9)10;1-2-4-5-3-1;2*2-1(3)4;;;;/h13H,1-2H2,(H,7,8)(H,9,10)(H,11,12);1-5H;(H2,2,3,4);;;;;/q;;;-3;4*+2/p-5. The first kappa shape index (κ1) is 46.9. The minimum atomic E-state index is -2.97. The van der Waals surface area contributed by atoms with Crippen molar-refractivity contribution in [1.82, 2.24) is 4.98 Å². The number of aromatic nitrogens is 1. The SMILES string of the molecule is O=C([O-])CC(O)(CC(=O)[O-])C(=O)[O-].O=C([O-])[O-].[Cu+2].[Cu+2].[Cu+2].[Cu+2].[O-]B([O-])[O-].c1cc[nH]c1. The van der Waals surface area contributed by atoms with Gasteiger partial charge in [-0.3, -0.25) is 7.32 Å². The zero-order valence-corrected chi connectivity index (χ0v) is 17.6. The van der Waals surface area contributed by atoms with Crippen LogP contribution in [0, 0.1) is 0 Å². The van der Waals surface area contributed by atoms with Gasteiger partial charge in [0.05, 0.1) is 5.97 Å². The van der Waals surface area contributed by atoms with Crippen LogP contribution in [0.1, 0.15) is 12.8 Å². The van der Waals surface area contributed by atoms with E-state index in [9.17, 15) is 29.7 Å². The van der Waals surface area contributed by atoms with Crippen LogP contribution in [0.4, 0.5) is 4.79 Å². The molecule has 2 N–H and O–H groups in total. The Morgan fingerprint density at radius 2 is 1.00 bits per heavy atom. The number of aromatic amines is 1. The number of hydrogen-bond acceptors (Lipinski definition) is 13. The molecule has 1 aromatic rings. The van der Waals surface area contributed by atoms with Crippen molar-refractivity contribution in [2.45, 2.75) is 18.4 Å². The van der Waals surface area contributed by atoms with Crippen LogP contribution in [0.5, 0.6) is 0 Å². The molecule has 0 aliphatic rings. The number of H-pyrrole nitrogens is 1. The number of rotatable bonds is 5. The molecule has 1 rings (SSSR count). The second-order valence-electron chi connectivity index (χ2n) is 3.84. The van der Waals surface area contributed by atoms with Crippen LogP contribution in [0.25, 0.3) is 0 Å². The maximum atomic E-state index is 10.1. The largest absolute Gasteiger partial charge is 2.00 e. The molecule has 0 saturated heterocycles. The van der Waals surface area contributed by atoms with Crippen LogP contribution >= 0.6 is 0 Å². The molecule has 0 fully saturated rings. The van der Waals surface area contributed by atoms with E-state index < -0.39 is 49.8 Å². The minimum Gasteiger partial charge on any atom is -0.907 e. The van der Waals surface area contributed by atoms with Crippen molar-refractivity contribution < 1.29 is 133 Å². The molecule has 0 spiro atoms. The predicted molar refractivity (Wildman–Crippen MR) is 61.1 cm³/mol. The first-order chi connectivity index (χ1) is 11.7. The van der Waals surface area contributed by atoms with Gasteiger partial charge in [0.1, 0.15) is 5.60 Å². The van der Waals surface area contributed by atoms with Crippen LogP contribution in [-0.4, -0.2) is 47.1 Å². The molecule has 1 aromatic heterocycles. The molecule has 184 valence electrons. The van der Waals surface area contributed by atoms with Gasteiger partial charge in [0.15, 0.2) is 0 Å². The van der Waals surface area contributed by atoms with Crippen LogP contribution in [0.2, 0.25) is 0 Å². The van der Waals surface area contributed by atoms with E-state index in [4.69, 9.17) is 35.2 Å². The zero-order chi connectivity index (χ0) is 21.3. The number of hydrogen-bond donors (Lipinski definition) is 2. The Kier molecular flexibility index (Phi) is 43.7. The summed E-state index contributed by atoms with van der Waals surface area (Å²) in [6.07, 6.45) is -1.30. The Morgan fingerprint density at radius 3 is 1.10 bits per heavy atom. The zero-order valence-electron chi connectivity index (χ0n) is 13.9. The Balaban J connectivity index is -0.0000000523. The molecule has 0 bridgehead atoms. The summed E-state index contributed by atoms with van der Waals surface area (Å²) in [5.74, 6) is -5.98. The Bertz CT molecular complexity index is 507. The Labute approximate surface area is 211 Å². The molecule has 0 aliphatic carbocycles. The summed E-state index contributed by atoms with van der Waals surface area (Å²) in [5.41, 5.74) is -2.97. The third-order valence-corrected chi connectivity index (χ3v) is 1.75. The first-order valence-electron chi connectivity index (χ1n) is 6.01. The summed E-state index contributed by atoms with van der Waals surface area (Å²) in [6.45, 7) is 0. The van der Waals surface area contributed by atoms with Gasteiger partial charge in [-0.15, -0.1) is 0 Å². The van der Waals surface area contributed by atoms with Crippen LogP contribution in [0.3, 0.4) is 0 Å². The molecule has 30 heavy (non-hydrogen) atoms. The van der Waals surface area contributed by atoms with E-state index in [1.165, 1.54) is 0 Å². The molecule has 14 nitrogen and oxygen atoms in total. The molecule has 0 aliphatic heterocycles. The van der Waals surface area contributed by atoms with Crippen molar-refractivity contribution in [3.05, 3.63) is 24.5 Å². The third-order valence-electron chi connectivity index (χ3n) is 1.75. The van der Waals surface area contributed by atoms with Gasteiger partial charge in [0.2, 0.25) is 0 Å². The van der Waals surface area contributed by atoms with Crippen molar-refractivity contribution in [2.24, 2.45) is 0 Å². The second-order valence-corrected chi connectivity index (χ2v) is 3.84. The molecule has 0 amide bonds. The van der Waals surface area contributed by atoms with E-state index in [2.05, 4.69) is 4.98 Å². The molecule has 4 radical (unpaired) electrons. The van der Waals surface area contributed by atoms with E-state index in [-0.39, 0.29) is 68.3 Å². The quantitative estimate of drug-likeness (QED) is 0.287. The number of carbonyl (C=O) groups excluding carboxylic acids is 4. The summed E-state index contributed by atoms with van der Waals surface area (Å²) >= 11 is 0. The van der Waals surface area contributed by atoms with Gasteiger partial charge in [-0.25, -0.2) is 0 Å². The van der Waals surface area contributed by atoms with E-state index in [0.717, 1.165) is 0 Å². The topological polar surface area (TPSA) is 289 Å². The van der Waals surface area contributed by atoms with Gasteiger partial charge in [0.25, 0.3) is 0 Å². The maximum absolute atomic E-state index is 10.1. The van der Waals surface area contributed by atoms with Gasteiger partial charge >= 0.3 is 68.3 Å². The van der Waals surface area contributed by atoms with Crippen molar-refractivity contribution in [2.75, 3.05) is 0 Å². The van der Waals surface area contributed by atoms with Gasteiger partial charge < -0.3 is 69.9 Å². The van der Waals surface area contributed by atoms with Gasteiger partial charge in [-0.1, -0.05) is 0 Å². The predicted octanol–water partition coefficient (Wildman–Crippen LogP) is -10.6. The molecule has 0 unspecified atom stereocenters. The maximum Gasteiger partial charge on any atom is 2.00 e. The van der Waals surface area contributed by atoms with Crippen molar-refractivity contribution in [1.29, 1.82) is 0 Å². The Hall–Kier alpha value is -1.06. The van der Waals surface area contributed by atoms with E-state index >= 15 is 0 Å². The summed E-state index contributed by atoms with van der Waals surface area (Å²) in [6, 6.07) is 3.89. The van der Waals surface area contributed by atoms with Crippen LogP contribution in [-0.2, 0) is 82.7 Å². The fourth-order valence-corrected chi connectivity index (χ4v) is 0.962. The monoisotopic (exact) mass is 627 g/mol. The minimum absolute atomic E-state index is 0. The molecule has 0 aromatic carbocycles.